The average Bonchev–Trinajstić information content (AvgIpc) is 2.42. The van der Waals surface area contributed by atoms with Crippen LogP contribution in [0.25, 0.3) is 0 Å². The monoisotopic (exact) mass is 274 g/mol. The number of hydrogen-bond donors (Lipinski definition) is 1. The second-order valence-electron chi connectivity index (χ2n) is 4.16. The number of aliphatic carboxylic acids is 1. The van der Waals surface area contributed by atoms with Crippen LogP contribution in [0.2, 0.25) is 0 Å². The van der Waals surface area contributed by atoms with Crippen LogP contribution in [0.4, 0.5) is 4.79 Å². The van der Waals surface area contributed by atoms with Crippen LogP contribution in [0, 0.1) is 0 Å². The number of urea groups is 1. The standard InChI is InChI=1S/C11H18N2O6/c1-12(4-3-9(14)15)11(17)13-5-6-19-7-8(13)10(16)18-2/h8H,3-7H2,1-2H3,(H,14,15). The van der Waals surface area contributed by atoms with E-state index in [0.29, 0.717) is 6.61 Å². The second-order valence-corrected chi connectivity index (χ2v) is 4.16. The van der Waals surface area contributed by atoms with Gasteiger partial charge in [0.15, 0.2) is 6.04 Å². The van der Waals surface area contributed by atoms with E-state index in [0.717, 1.165) is 0 Å². The molecule has 1 aliphatic heterocycles. The summed E-state index contributed by atoms with van der Waals surface area (Å²) >= 11 is 0. The highest BCUT2D eigenvalue weighted by molar-refractivity contribution is 5.84. The van der Waals surface area contributed by atoms with E-state index in [9.17, 15) is 14.4 Å². The van der Waals surface area contributed by atoms with Crippen molar-refractivity contribution in [3.05, 3.63) is 0 Å². The number of carbonyl (C=O) groups is 3. The Kier molecular flexibility index (Phi) is 5.56. The molecule has 0 saturated carbocycles. The lowest BCUT2D eigenvalue weighted by atomic mass is 10.2. The lowest BCUT2D eigenvalue weighted by molar-refractivity contribution is -0.151. The van der Waals surface area contributed by atoms with Crippen molar-refractivity contribution in [2.24, 2.45) is 0 Å². The minimum Gasteiger partial charge on any atom is -0.481 e. The zero-order chi connectivity index (χ0) is 14.4. The van der Waals surface area contributed by atoms with Crippen molar-refractivity contribution in [1.29, 1.82) is 0 Å². The SMILES string of the molecule is COC(=O)C1COCCN1C(=O)N(C)CCC(=O)O. The summed E-state index contributed by atoms with van der Waals surface area (Å²) in [4.78, 5) is 36.8. The van der Waals surface area contributed by atoms with Crippen molar-refractivity contribution < 1.29 is 29.0 Å². The summed E-state index contributed by atoms with van der Waals surface area (Å²) in [5.41, 5.74) is 0. The number of carboxylic acid groups (broad SMARTS) is 1. The number of amides is 2. The third kappa shape index (κ3) is 4.09. The molecule has 2 amide bonds. The van der Waals surface area contributed by atoms with Gasteiger partial charge in [-0.1, -0.05) is 0 Å². The third-order valence-corrected chi connectivity index (χ3v) is 2.84. The van der Waals surface area contributed by atoms with Crippen LogP contribution in [0.5, 0.6) is 0 Å². The number of morpholine rings is 1. The fourth-order valence-corrected chi connectivity index (χ4v) is 1.74. The summed E-state index contributed by atoms with van der Waals surface area (Å²) in [5, 5.41) is 8.59. The number of nitrogens with zero attached hydrogens (tertiary/aromatic N) is 2. The molecule has 0 bridgehead atoms. The van der Waals surface area contributed by atoms with E-state index in [2.05, 4.69) is 4.74 Å². The number of esters is 1. The van der Waals surface area contributed by atoms with Gasteiger partial charge in [0.25, 0.3) is 0 Å². The smallest absolute Gasteiger partial charge is 0.331 e. The van der Waals surface area contributed by atoms with Crippen LogP contribution in [0.1, 0.15) is 6.42 Å². The summed E-state index contributed by atoms with van der Waals surface area (Å²) in [6.07, 6.45) is -0.143. The Morgan fingerprint density at radius 2 is 2.16 bits per heavy atom. The number of methoxy groups -OCH3 is 1. The van der Waals surface area contributed by atoms with Crippen molar-refractivity contribution >= 4 is 18.0 Å². The summed E-state index contributed by atoms with van der Waals surface area (Å²) < 4.78 is 9.78. The number of hydrogen-bond acceptors (Lipinski definition) is 5. The molecule has 1 rings (SSSR count). The van der Waals surface area contributed by atoms with Gasteiger partial charge in [-0.3, -0.25) is 4.79 Å². The van der Waals surface area contributed by atoms with Crippen molar-refractivity contribution in [2.75, 3.05) is 40.5 Å². The Morgan fingerprint density at radius 1 is 1.47 bits per heavy atom. The van der Waals surface area contributed by atoms with Crippen molar-refractivity contribution in [1.82, 2.24) is 9.80 Å². The maximum atomic E-state index is 12.1. The Hall–Kier alpha value is -1.83. The van der Waals surface area contributed by atoms with Gasteiger partial charge >= 0.3 is 18.0 Å². The molecule has 0 aromatic rings. The highest BCUT2D eigenvalue weighted by atomic mass is 16.5. The molecule has 1 N–H and O–H groups in total. The molecule has 108 valence electrons. The molecule has 19 heavy (non-hydrogen) atoms. The minimum atomic E-state index is -0.980. The van der Waals surface area contributed by atoms with Crippen molar-refractivity contribution in [2.45, 2.75) is 12.5 Å². The van der Waals surface area contributed by atoms with E-state index in [1.807, 2.05) is 0 Å². The van der Waals surface area contributed by atoms with Crippen molar-refractivity contribution in [3.8, 4) is 0 Å². The third-order valence-electron chi connectivity index (χ3n) is 2.84. The minimum absolute atomic E-state index is 0.0828. The molecule has 8 heteroatoms. The zero-order valence-corrected chi connectivity index (χ0v) is 11.0. The van der Waals surface area contributed by atoms with E-state index in [1.54, 1.807) is 0 Å². The van der Waals surface area contributed by atoms with E-state index >= 15 is 0 Å². The quantitative estimate of drug-likeness (QED) is 0.687. The van der Waals surface area contributed by atoms with Gasteiger partial charge in [0.1, 0.15) is 0 Å². The van der Waals surface area contributed by atoms with E-state index in [4.69, 9.17) is 9.84 Å². The van der Waals surface area contributed by atoms with Gasteiger partial charge in [-0.15, -0.1) is 0 Å². The van der Waals surface area contributed by atoms with Gasteiger partial charge < -0.3 is 24.4 Å². The topological polar surface area (TPSA) is 96.4 Å². The molecule has 0 aromatic carbocycles. The Bertz CT molecular complexity index is 359. The fraction of sp³-hybridized carbons (Fsp3) is 0.727. The Balaban J connectivity index is 2.65. The molecule has 1 fully saturated rings. The van der Waals surface area contributed by atoms with Gasteiger partial charge in [0.05, 0.1) is 26.7 Å². The molecule has 0 aromatic heterocycles. The maximum absolute atomic E-state index is 12.1. The lowest BCUT2D eigenvalue weighted by Gasteiger charge is -2.36. The first-order valence-electron chi connectivity index (χ1n) is 5.86. The van der Waals surface area contributed by atoms with Gasteiger partial charge in [-0.25, -0.2) is 9.59 Å². The summed E-state index contributed by atoms with van der Waals surface area (Å²) in [5.74, 6) is -1.52. The van der Waals surface area contributed by atoms with Crippen LogP contribution in [-0.2, 0) is 19.1 Å². The van der Waals surface area contributed by atoms with E-state index in [1.165, 1.54) is 24.0 Å². The van der Waals surface area contributed by atoms with Gasteiger partial charge in [-0.05, 0) is 0 Å². The van der Waals surface area contributed by atoms with E-state index in [-0.39, 0.29) is 26.1 Å². The highest BCUT2D eigenvalue weighted by Crippen LogP contribution is 2.11. The lowest BCUT2D eigenvalue weighted by Crippen LogP contribution is -2.56. The number of carbonyl (C=O) groups excluding carboxylic acids is 2. The molecule has 0 aliphatic carbocycles. The molecule has 8 nitrogen and oxygen atoms in total. The van der Waals surface area contributed by atoms with Crippen molar-refractivity contribution in [3.63, 3.8) is 0 Å². The molecule has 0 radical (unpaired) electrons. The molecular formula is C11H18N2O6. The van der Waals surface area contributed by atoms with E-state index < -0.39 is 24.0 Å². The maximum Gasteiger partial charge on any atom is 0.331 e. The van der Waals surface area contributed by atoms with Crippen LogP contribution < -0.4 is 0 Å². The summed E-state index contributed by atoms with van der Waals surface area (Å²) in [6, 6.07) is -1.18. The first kappa shape index (κ1) is 15.2. The summed E-state index contributed by atoms with van der Waals surface area (Å²) in [6.45, 7) is 0.784. The molecule has 1 heterocycles. The molecular weight excluding hydrogens is 256 g/mol. The Morgan fingerprint density at radius 3 is 2.74 bits per heavy atom. The summed E-state index contributed by atoms with van der Waals surface area (Å²) in [7, 11) is 2.74. The predicted molar refractivity (Wildman–Crippen MR) is 63.6 cm³/mol. The zero-order valence-electron chi connectivity index (χ0n) is 11.0. The fourth-order valence-electron chi connectivity index (χ4n) is 1.74. The van der Waals surface area contributed by atoms with Gasteiger partial charge in [0, 0.05) is 20.1 Å². The van der Waals surface area contributed by atoms with Crippen LogP contribution in [0.3, 0.4) is 0 Å². The number of rotatable bonds is 4. The Labute approximate surface area is 110 Å². The van der Waals surface area contributed by atoms with Crippen LogP contribution >= 0.6 is 0 Å². The number of ether oxygens (including phenoxy) is 2. The largest absolute Gasteiger partial charge is 0.481 e. The first-order chi connectivity index (χ1) is 8.97. The molecule has 0 spiro atoms. The van der Waals surface area contributed by atoms with Crippen LogP contribution in [-0.4, -0.2) is 79.4 Å². The molecule has 1 aliphatic rings. The van der Waals surface area contributed by atoms with Gasteiger partial charge in [0.2, 0.25) is 0 Å². The second kappa shape index (κ2) is 6.93. The molecule has 1 saturated heterocycles. The number of carboxylic acids is 1. The highest BCUT2D eigenvalue weighted by Gasteiger charge is 2.35. The average molecular weight is 274 g/mol. The van der Waals surface area contributed by atoms with Crippen LogP contribution in [0.15, 0.2) is 0 Å². The predicted octanol–water partition coefficient (Wildman–Crippen LogP) is -0.613. The first-order valence-corrected chi connectivity index (χ1v) is 5.86. The molecule has 1 atom stereocenters. The normalized spacial score (nSPS) is 18.8. The van der Waals surface area contributed by atoms with Gasteiger partial charge in [-0.2, -0.15) is 0 Å². The molecule has 1 unspecified atom stereocenters.